The van der Waals surface area contributed by atoms with Crippen LogP contribution in [-0.4, -0.2) is 24.9 Å². The van der Waals surface area contributed by atoms with Gasteiger partial charge in [-0.1, -0.05) is 97.1 Å². The number of amides is 2. The first-order chi connectivity index (χ1) is 17.7. The highest BCUT2D eigenvalue weighted by atomic mass is 16.2. The lowest BCUT2D eigenvalue weighted by Gasteiger charge is -2.27. The Hall–Kier alpha value is -4.70. The average Bonchev–Trinajstić information content (AvgIpc) is 2.95. The third-order valence-corrected chi connectivity index (χ3v) is 5.65. The minimum atomic E-state index is -0.148. The number of carbonyl (C=O) groups is 2. The minimum absolute atomic E-state index is 0.148. The second kappa shape index (κ2) is 12.7. The highest BCUT2D eigenvalue weighted by Gasteiger charge is 2.18. The van der Waals surface area contributed by atoms with E-state index in [0.29, 0.717) is 13.1 Å². The monoisotopic (exact) mass is 472 g/mol. The predicted octanol–water partition coefficient (Wildman–Crippen LogP) is 6.48. The van der Waals surface area contributed by atoms with Gasteiger partial charge in [0, 0.05) is 36.6 Å². The minimum Gasteiger partial charge on any atom is -0.307 e. The van der Waals surface area contributed by atoms with E-state index in [-0.39, 0.29) is 11.8 Å². The van der Waals surface area contributed by atoms with Crippen LogP contribution < -0.4 is 9.80 Å². The Morgan fingerprint density at radius 1 is 0.472 bits per heavy atom. The van der Waals surface area contributed by atoms with Crippen LogP contribution in [0, 0.1) is 0 Å². The van der Waals surface area contributed by atoms with Gasteiger partial charge in [-0.2, -0.15) is 0 Å². The Bertz CT molecular complexity index is 1200. The van der Waals surface area contributed by atoms with E-state index in [0.717, 1.165) is 22.5 Å². The molecule has 0 fully saturated rings. The summed E-state index contributed by atoms with van der Waals surface area (Å²) in [4.78, 5) is 29.9. The van der Waals surface area contributed by atoms with E-state index in [1.54, 1.807) is 34.1 Å². The van der Waals surface area contributed by atoms with Gasteiger partial charge in [-0.05, 0) is 47.5 Å². The smallest absolute Gasteiger partial charge is 0.251 e. The zero-order chi connectivity index (χ0) is 25.0. The summed E-state index contributed by atoms with van der Waals surface area (Å²) < 4.78 is 0. The zero-order valence-electron chi connectivity index (χ0n) is 20.0. The van der Waals surface area contributed by atoms with Gasteiger partial charge >= 0.3 is 0 Å². The van der Waals surface area contributed by atoms with E-state index in [1.807, 2.05) is 121 Å². The summed E-state index contributed by atoms with van der Waals surface area (Å²) in [6, 6.07) is 38.5. The predicted molar refractivity (Wildman–Crippen MR) is 149 cm³/mol. The van der Waals surface area contributed by atoms with Crippen molar-refractivity contribution in [3.63, 3.8) is 0 Å². The van der Waals surface area contributed by atoms with Crippen LogP contribution in [0.4, 0.5) is 11.4 Å². The molecule has 0 unspecified atom stereocenters. The second-order valence-corrected chi connectivity index (χ2v) is 8.14. The topological polar surface area (TPSA) is 40.6 Å². The molecule has 0 aliphatic rings. The molecule has 0 aromatic heterocycles. The highest BCUT2D eigenvalue weighted by Crippen LogP contribution is 2.18. The van der Waals surface area contributed by atoms with E-state index in [1.165, 1.54) is 0 Å². The maximum Gasteiger partial charge on any atom is 0.251 e. The number of hydrogen-bond donors (Lipinski definition) is 0. The molecule has 4 heteroatoms. The SMILES string of the molecule is O=C(/C=C/c1ccccc1)N(CCN(C(=O)/C=C/c1ccccc1)c1ccccc1)c1ccccc1. The van der Waals surface area contributed by atoms with Crippen LogP contribution in [0.5, 0.6) is 0 Å². The first-order valence-corrected chi connectivity index (χ1v) is 11.9. The third kappa shape index (κ3) is 6.90. The first-order valence-electron chi connectivity index (χ1n) is 11.9. The second-order valence-electron chi connectivity index (χ2n) is 8.14. The van der Waals surface area contributed by atoms with E-state index in [4.69, 9.17) is 0 Å². The van der Waals surface area contributed by atoms with Crippen LogP contribution in [-0.2, 0) is 9.59 Å². The summed E-state index contributed by atoms with van der Waals surface area (Å²) >= 11 is 0. The average molecular weight is 473 g/mol. The van der Waals surface area contributed by atoms with Crippen LogP contribution in [0.25, 0.3) is 12.2 Å². The van der Waals surface area contributed by atoms with Crippen molar-refractivity contribution in [2.24, 2.45) is 0 Å². The molecule has 4 rings (SSSR count). The van der Waals surface area contributed by atoms with Gasteiger partial charge in [-0.3, -0.25) is 9.59 Å². The molecule has 0 aliphatic carbocycles. The molecule has 0 N–H and O–H groups in total. The molecule has 0 spiro atoms. The van der Waals surface area contributed by atoms with Crippen LogP contribution in [0.3, 0.4) is 0 Å². The third-order valence-electron chi connectivity index (χ3n) is 5.65. The summed E-state index contributed by atoms with van der Waals surface area (Å²) in [6.07, 6.45) is 6.76. The molecule has 0 saturated carbocycles. The number of para-hydroxylation sites is 2. The van der Waals surface area contributed by atoms with Crippen LogP contribution in [0.2, 0.25) is 0 Å². The summed E-state index contributed by atoms with van der Waals surface area (Å²) in [5.41, 5.74) is 3.46. The molecule has 178 valence electrons. The van der Waals surface area contributed by atoms with Crippen LogP contribution in [0.15, 0.2) is 133 Å². The molecule has 0 saturated heterocycles. The van der Waals surface area contributed by atoms with Crippen molar-refractivity contribution >= 4 is 35.3 Å². The lowest BCUT2D eigenvalue weighted by Crippen LogP contribution is -2.40. The van der Waals surface area contributed by atoms with Gasteiger partial charge in [0.2, 0.25) is 0 Å². The fraction of sp³-hybridized carbons (Fsp3) is 0.0625. The highest BCUT2D eigenvalue weighted by molar-refractivity contribution is 6.05. The lowest BCUT2D eigenvalue weighted by molar-refractivity contribution is -0.115. The summed E-state index contributed by atoms with van der Waals surface area (Å²) in [6.45, 7) is 0.670. The quantitative estimate of drug-likeness (QED) is 0.262. The van der Waals surface area contributed by atoms with Crippen LogP contribution in [0.1, 0.15) is 11.1 Å². The van der Waals surface area contributed by atoms with Crippen molar-refractivity contribution in [2.75, 3.05) is 22.9 Å². The molecule has 0 radical (unpaired) electrons. The number of anilines is 2. The van der Waals surface area contributed by atoms with Crippen molar-refractivity contribution < 1.29 is 9.59 Å². The fourth-order valence-corrected chi connectivity index (χ4v) is 3.79. The number of carbonyl (C=O) groups excluding carboxylic acids is 2. The van der Waals surface area contributed by atoms with Crippen molar-refractivity contribution in [1.29, 1.82) is 0 Å². The molecule has 0 aliphatic heterocycles. The molecule has 4 aromatic rings. The van der Waals surface area contributed by atoms with Gasteiger partial charge in [-0.25, -0.2) is 0 Å². The van der Waals surface area contributed by atoms with E-state index in [2.05, 4.69) is 0 Å². The summed E-state index contributed by atoms with van der Waals surface area (Å²) in [5.74, 6) is -0.296. The Balaban J connectivity index is 1.56. The molecular weight excluding hydrogens is 444 g/mol. The molecule has 0 heterocycles. The van der Waals surface area contributed by atoms with Gasteiger partial charge in [0.25, 0.3) is 11.8 Å². The van der Waals surface area contributed by atoms with E-state index < -0.39 is 0 Å². The van der Waals surface area contributed by atoms with Crippen molar-refractivity contribution in [3.8, 4) is 0 Å². The van der Waals surface area contributed by atoms with Crippen molar-refractivity contribution in [2.45, 2.75) is 0 Å². The lowest BCUT2D eigenvalue weighted by atomic mass is 10.2. The van der Waals surface area contributed by atoms with Gasteiger partial charge in [0.15, 0.2) is 0 Å². The van der Waals surface area contributed by atoms with Gasteiger partial charge < -0.3 is 9.80 Å². The molecule has 0 atom stereocenters. The van der Waals surface area contributed by atoms with Crippen LogP contribution >= 0.6 is 0 Å². The number of nitrogens with zero attached hydrogens (tertiary/aromatic N) is 2. The first kappa shape index (κ1) is 24.4. The maximum absolute atomic E-state index is 13.3. The summed E-state index contributed by atoms with van der Waals surface area (Å²) in [5, 5.41) is 0. The standard InChI is InChI=1S/C32H28N2O2/c35-31(23-21-27-13-5-1-6-14-27)33(29-17-9-3-10-18-29)25-26-34(30-19-11-4-12-20-30)32(36)24-22-28-15-7-2-8-16-28/h1-24H,25-26H2/b23-21+,24-22+. The van der Waals surface area contributed by atoms with Crippen molar-refractivity contribution in [1.82, 2.24) is 0 Å². The zero-order valence-corrected chi connectivity index (χ0v) is 20.0. The van der Waals surface area contributed by atoms with E-state index >= 15 is 0 Å². The summed E-state index contributed by atoms with van der Waals surface area (Å²) in [7, 11) is 0. The number of benzene rings is 4. The molecule has 4 aromatic carbocycles. The Morgan fingerprint density at radius 3 is 1.11 bits per heavy atom. The molecule has 4 nitrogen and oxygen atoms in total. The Labute approximate surface area is 212 Å². The number of hydrogen-bond acceptors (Lipinski definition) is 2. The largest absolute Gasteiger partial charge is 0.307 e. The van der Waals surface area contributed by atoms with Gasteiger partial charge in [-0.15, -0.1) is 0 Å². The molecular formula is C32H28N2O2. The van der Waals surface area contributed by atoms with Gasteiger partial charge in [0.05, 0.1) is 0 Å². The maximum atomic E-state index is 13.3. The molecule has 2 amide bonds. The normalized spacial score (nSPS) is 11.0. The van der Waals surface area contributed by atoms with Crippen molar-refractivity contribution in [3.05, 3.63) is 145 Å². The fourth-order valence-electron chi connectivity index (χ4n) is 3.79. The molecule has 0 bridgehead atoms. The van der Waals surface area contributed by atoms with E-state index in [9.17, 15) is 9.59 Å². The van der Waals surface area contributed by atoms with Gasteiger partial charge in [0.1, 0.15) is 0 Å². The Kier molecular flexibility index (Phi) is 8.60. The Morgan fingerprint density at radius 2 is 0.778 bits per heavy atom. The molecule has 36 heavy (non-hydrogen) atoms. The number of rotatable bonds is 9.